The smallest absolute Gasteiger partial charge is 0.332 e. The second-order valence-electron chi connectivity index (χ2n) is 24.4. The van der Waals surface area contributed by atoms with Crippen LogP contribution in [0.15, 0.2) is 36.7 Å². The van der Waals surface area contributed by atoms with E-state index in [0.717, 1.165) is 30.9 Å². The van der Waals surface area contributed by atoms with Crippen LogP contribution in [0.25, 0.3) is 22.5 Å². The molecule has 2 aromatic heterocycles. The number of aliphatic hydroxyl groups excluding tert-OH is 9. The van der Waals surface area contributed by atoms with Crippen molar-refractivity contribution in [3.8, 4) is 22.5 Å². The van der Waals surface area contributed by atoms with E-state index in [2.05, 4.69) is 41.9 Å². The minimum atomic E-state index is -2.07. The number of aliphatic hydroxyl groups is 9. The number of nitrogens with one attached hydrogen (secondary N) is 4. The minimum Gasteiger partial charge on any atom is -0.479 e. The summed E-state index contributed by atoms with van der Waals surface area (Å²) in [6.07, 6.45) is -28.1. The highest BCUT2D eigenvalue weighted by Gasteiger charge is 2.54. The van der Waals surface area contributed by atoms with E-state index >= 15 is 0 Å². The van der Waals surface area contributed by atoms with E-state index in [1.165, 1.54) is 13.8 Å². The molecule has 2 aliphatic heterocycles. The molecule has 0 radical (unpaired) electrons. The Bertz CT molecular complexity index is 3340. The van der Waals surface area contributed by atoms with Gasteiger partial charge in [-0.15, -0.1) is 10.2 Å². The maximum Gasteiger partial charge on any atom is 0.332 e. The SMILES string of the molecule is CCCC[C@H](OC1C(NC(C)=O)[C@H](OC2CC(C(=O)NCCNC(=O)[C@H]3CC(n4cc(-c5cc(F)c(F)c(F)c5)nn4)C(O)[C@H](O[C@@H](C)OC(CO)C(O)[C@H](O)n4cc(-c5cc(F)c(F)c(F)c5)nn4)C3)C[C@@H](NC(C)=O)C2OC2OC(C)C(O)C(O)C2O)O[C@@H](CO)C1O)C(=O)O. The third-order valence-electron chi connectivity index (χ3n) is 17.3. The number of aliphatic carboxylic acids is 1. The number of hydrogen-bond acceptors (Lipinski definition) is 25. The van der Waals surface area contributed by atoms with Gasteiger partial charge >= 0.3 is 5.97 Å². The average molecular weight is 1410 g/mol. The zero-order chi connectivity index (χ0) is 71.7. The van der Waals surface area contributed by atoms with Gasteiger partial charge in [0.2, 0.25) is 23.6 Å². The molecule has 15 unspecified atom stereocenters. The Labute approximate surface area is 554 Å². The number of carboxylic acid groups (broad SMARTS) is 1. The number of unbranched alkanes of at least 4 members (excludes halogenated alkanes) is 1. The molecular weight excluding hydrogens is 1330 g/mol. The second-order valence-corrected chi connectivity index (χ2v) is 24.4. The first kappa shape index (κ1) is 76.8. The first-order valence-corrected chi connectivity index (χ1v) is 31.5. The molecule has 4 aliphatic rings. The van der Waals surface area contributed by atoms with Crippen LogP contribution in [0.1, 0.15) is 91.8 Å². The van der Waals surface area contributed by atoms with Gasteiger partial charge in [-0.05, 0) is 70.2 Å². The number of ether oxygens (including phenoxy) is 7. The third kappa shape index (κ3) is 18.3. The van der Waals surface area contributed by atoms with Gasteiger partial charge in [-0.1, -0.05) is 30.2 Å². The van der Waals surface area contributed by atoms with Crippen molar-refractivity contribution in [2.24, 2.45) is 11.8 Å². The number of amides is 4. The van der Waals surface area contributed by atoms with Gasteiger partial charge in [-0.2, -0.15) is 0 Å². The van der Waals surface area contributed by atoms with Crippen molar-refractivity contribution in [2.75, 3.05) is 26.3 Å². The molecular formula is C60H80F6N10O22. The lowest BCUT2D eigenvalue weighted by Gasteiger charge is -2.49. The van der Waals surface area contributed by atoms with Crippen molar-refractivity contribution < 1.29 is 135 Å². The fraction of sp³-hybridized carbons (Fsp3) is 0.650. The van der Waals surface area contributed by atoms with Gasteiger partial charge in [-0.25, -0.2) is 40.5 Å². The molecule has 0 spiro atoms. The number of nitrogens with zero attached hydrogens (tertiary/aromatic N) is 6. The van der Waals surface area contributed by atoms with Gasteiger partial charge in [0.05, 0.1) is 56.0 Å². The van der Waals surface area contributed by atoms with Crippen molar-refractivity contribution in [2.45, 2.75) is 208 Å². The summed E-state index contributed by atoms with van der Waals surface area (Å²) < 4.78 is 129. The van der Waals surface area contributed by atoms with E-state index in [0.29, 0.717) is 41.8 Å². The molecule has 38 heteroatoms. The molecule has 4 amide bonds. The molecule has 23 atom stereocenters. The summed E-state index contributed by atoms with van der Waals surface area (Å²) in [4.78, 5) is 67.0. The normalized spacial score (nSPS) is 30.5. The van der Waals surface area contributed by atoms with Gasteiger partial charge < -0.3 is 105 Å². The number of benzene rings is 2. The molecule has 2 saturated heterocycles. The van der Waals surface area contributed by atoms with E-state index in [9.17, 15) is 101 Å². The second kappa shape index (κ2) is 33.9. The summed E-state index contributed by atoms with van der Waals surface area (Å²) in [6.45, 7) is 4.15. The average Bonchev–Trinajstić information content (AvgIpc) is 0.862. The molecule has 4 heterocycles. The highest BCUT2D eigenvalue weighted by molar-refractivity contribution is 5.80. The summed E-state index contributed by atoms with van der Waals surface area (Å²) in [6, 6.07) is -1.55. The molecule has 8 rings (SSSR count). The fourth-order valence-electron chi connectivity index (χ4n) is 12.2. The topological polar surface area (TPSA) is 462 Å². The number of carboxylic acids is 1. The highest BCUT2D eigenvalue weighted by atomic mass is 19.2. The van der Waals surface area contributed by atoms with Gasteiger partial charge in [-0.3, -0.25) is 19.2 Å². The highest BCUT2D eigenvalue weighted by Crippen LogP contribution is 2.39. The lowest BCUT2D eigenvalue weighted by molar-refractivity contribution is -0.335. The van der Waals surface area contributed by atoms with E-state index in [1.807, 2.05) is 0 Å². The summed E-state index contributed by atoms with van der Waals surface area (Å²) in [7, 11) is 0. The summed E-state index contributed by atoms with van der Waals surface area (Å²) in [5.41, 5.74) is -1.02. The summed E-state index contributed by atoms with van der Waals surface area (Å²) in [5, 5.41) is 135. The summed E-state index contributed by atoms with van der Waals surface area (Å²) >= 11 is 0. The molecule has 4 aromatic rings. The van der Waals surface area contributed by atoms with Gasteiger partial charge in [0.1, 0.15) is 78.5 Å². The summed E-state index contributed by atoms with van der Waals surface area (Å²) in [5.74, 6) is -16.3. The van der Waals surface area contributed by atoms with Crippen molar-refractivity contribution in [1.82, 2.24) is 51.3 Å². The van der Waals surface area contributed by atoms with E-state index in [4.69, 9.17) is 33.2 Å². The fourth-order valence-corrected chi connectivity index (χ4v) is 12.2. The Morgan fingerprint density at radius 1 is 0.684 bits per heavy atom. The number of halogens is 6. The Balaban J connectivity index is 0.994. The van der Waals surface area contributed by atoms with Crippen molar-refractivity contribution in [3.05, 3.63) is 71.6 Å². The Hall–Kier alpha value is -6.99. The zero-order valence-corrected chi connectivity index (χ0v) is 53.3. The van der Waals surface area contributed by atoms with Crippen LogP contribution in [0, 0.1) is 46.7 Å². The number of carbonyl (C=O) groups excluding carboxylic acids is 4. The van der Waals surface area contributed by atoms with Gasteiger partial charge in [0, 0.05) is 49.9 Å². The van der Waals surface area contributed by atoms with Crippen molar-refractivity contribution in [1.29, 1.82) is 0 Å². The maximum atomic E-state index is 14.4. The molecule has 2 aromatic carbocycles. The molecule has 14 N–H and O–H groups in total. The van der Waals surface area contributed by atoms with Gasteiger partial charge in [0.25, 0.3) is 0 Å². The van der Waals surface area contributed by atoms with Crippen LogP contribution >= 0.6 is 0 Å². The Morgan fingerprint density at radius 2 is 1.26 bits per heavy atom. The van der Waals surface area contributed by atoms with E-state index in [-0.39, 0.29) is 67.7 Å². The quantitative estimate of drug-likeness (QED) is 0.0126. The predicted octanol–water partition coefficient (Wildman–Crippen LogP) is -1.63. The van der Waals surface area contributed by atoms with E-state index < -0.39 is 218 Å². The number of hydrogen-bond donors (Lipinski definition) is 14. The van der Waals surface area contributed by atoms with Crippen LogP contribution < -0.4 is 21.3 Å². The predicted molar refractivity (Wildman–Crippen MR) is 316 cm³/mol. The van der Waals surface area contributed by atoms with Crippen molar-refractivity contribution >= 4 is 29.6 Å². The zero-order valence-electron chi connectivity index (χ0n) is 53.3. The maximum absolute atomic E-state index is 14.4. The number of carbonyl (C=O) groups is 5. The Morgan fingerprint density at radius 3 is 1.82 bits per heavy atom. The molecule has 4 fully saturated rings. The van der Waals surface area contributed by atoms with Crippen molar-refractivity contribution in [3.63, 3.8) is 0 Å². The monoisotopic (exact) mass is 1410 g/mol. The molecule has 32 nitrogen and oxygen atoms in total. The van der Waals surface area contributed by atoms with Crippen LogP contribution in [0.3, 0.4) is 0 Å². The lowest BCUT2D eigenvalue weighted by atomic mass is 9.80. The van der Waals surface area contributed by atoms with Crippen LogP contribution in [0.5, 0.6) is 0 Å². The molecule has 98 heavy (non-hydrogen) atoms. The van der Waals surface area contributed by atoms with Crippen LogP contribution in [0.2, 0.25) is 0 Å². The lowest BCUT2D eigenvalue weighted by Crippen LogP contribution is -2.68. The minimum absolute atomic E-state index is 0.0370. The first-order chi connectivity index (χ1) is 46.4. The van der Waals surface area contributed by atoms with Crippen LogP contribution in [-0.4, -0.2) is 253 Å². The molecule has 0 bridgehead atoms. The number of aromatic nitrogens is 6. The van der Waals surface area contributed by atoms with Gasteiger partial charge in [0.15, 0.2) is 66.1 Å². The number of rotatable bonds is 29. The first-order valence-electron chi connectivity index (χ1n) is 31.5. The standard InChI is InChI=1S/C60H80F6N10O22/c1-6-7-8-39(58(90)91)95-54-46(70-25(4)80)59(97-42(21-77)49(54)83)96-41-18-29(15-35(69-24(3)79)53(41)98-60-52(86)51(85)47(81)23(2)92-60)55(87)67-9-10-68-56(88)30-16-38(75-19-36(71-73-75)27-11-31(61)44(65)32(62)12-27)48(82)40(17-30)93-26(5)94-43(22-78)50(84)57(89)76-20-37(72-74-76)28-13-33(63)45(66)34(64)14-28/h11-14,19-20,23,26,29-30,35,38-43,46-54,57,59-60,77-78,81-86,89H,6-10,15-18,21-22H2,1-5H3,(H,67,87)(H,68,88)(H,69,79)(H,70,80)(H,90,91)/t23?,26-,29?,30+,35-,38?,39+,40-,41?,42+,43?,46?,47?,48?,49?,50?,51?,52?,53?,54?,57+,59-,60?/m1/s1. The van der Waals surface area contributed by atoms with Crippen LogP contribution in [-0.2, 0) is 57.1 Å². The third-order valence-corrected chi connectivity index (χ3v) is 17.3. The van der Waals surface area contributed by atoms with Crippen LogP contribution in [0.4, 0.5) is 26.3 Å². The molecule has 544 valence electrons. The molecule has 2 saturated carbocycles. The molecule has 2 aliphatic carbocycles. The van der Waals surface area contributed by atoms with E-state index in [1.54, 1.807) is 6.92 Å². The Kier molecular flexibility index (Phi) is 26.6. The largest absolute Gasteiger partial charge is 0.479 e.